The molecule has 0 bridgehead atoms. The number of halogens is 3. The molecule has 0 aliphatic rings. The zero-order chi connectivity index (χ0) is 29.5. The van der Waals surface area contributed by atoms with Gasteiger partial charge in [-0.2, -0.15) is 24.9 Å². The second-order valence-electron chi connectivity index (χ2n) is 8.25. The van der Waals surface area contributed by atoms with Gasteiger partial charge in [0.15, 0.2) is 0 Å². The molecule has 1 aromatic carbocycles. The van der Waals surface area contributed by atoms with E-state index in [1.165, 1.54) is 23.9 Å². The van der Waals surface area contributed by atoms with E-state index in [2.05, 4.69) is 4.84 Å². The van der Waals surface area contributed by atoms with Crippen LogP contribution < -0.4 is 4.74 Å². The van der Waals surface area contributed by atoms with Crippen LogP contribution in [0.2, 0.25) is 0 Å². The van der Waals surface area contributed by atoms with E-state index in [-0.39, 0.29) is 24.2 Å². The van der Waals surface area contributed by atoms with Crippen LogP contribution in [0.5, 0.6) is 5.75 Å². The molecule has 0 heterocycles. The second-order valence-corrected chi connectivity index (χ2v) is 9.48. The molecule has 0 aliphatic heterocycles. The van der Waals surface area contributed by atoms with E-state index < -0.39 is 22.9 Å². The highest BCUT2D eigenvalue weighted by Gasteiger charge is 2.30. The Morgan fingerprint density at radius 3 is 2.51 bits per heavy atom. The smallest absolute Gasteiger partial charge is 0.416 e. The van der Waals surface area contributed by atoms with Gasteiger partial charge in [-0.15, -0.1) is 10.1 Å². The molecule has 0 amide bonds. The third-order valence-electron chi connectivity index (χ3n) is 5.09. The predicted octanol–water partition coefficient (Wildman–Crippen LogP) is 6.66. The maximum Gasteiger partial charge on any atom is 0.416 e. The standard InChI is InChI=1S/C16H21F3O2.C11H19NO5S/c1-3-13(12(2)20)7-4-5-10-21-15-9-6-8-14(11-15)16(17,18)19;1-2-3-4-5-6-11(13)16-7-9-18-10-8-17-12(14)15/h4,6-9,11-13,20H,3,5,10H2,1-2H3;2-3H,4-10H2,1H3/b7-4+;3-2-/t12-,13?;/m1./s1. The molecule has 1 aromatic rings. The maximum absolute atomic E-state index is 12.5. The summed E-state index contributed by atoms with van der Waals surface area (Å²) in [5.74, 6) is 1.25. The molecule has 0 aromatic heterocycles. The van der Waals surface area contributed by atoms with E-state index in [4.69, 9.17) is 9.47 Å². The van der Waals surface area contributed by atoms with Gasteiger partial charge in [0.05, 0.1) is 18.3 Å². The van der Waals surface area contributed by atoms with Gasteiger partial charge in [-0.1, -0.05) is 37.3 Å². The Hall–Kier alpha value is -2.73. The number of carbonyl (C=O) groups excluding carboxylic acids is 1. The molecule has 2 atom stereocenters. The third-order valence-corrected chi connectivity index (χ3v) is 6.00. The minimum absolute atomic E-state index is 0.0644. The Labute approximate surface area is 232 Å². The van der Waals surface area contributed by atoms with Crippen molar-refractivity contribution in [3.05, 3.63) is 64.2 Å². The maximum atomic E-state index is 12.5. The van der Waals surface area contributed by atoms with Crippen molar-refractivity contribution in [1.29, 1.82) is 0 Å². The summed E-state index contributed by atoms with van der Waals surface area (Å²) in [6.07, 6.45) is 6.54. The molecule has 0 radical (unpaired) electrons. The number of rotatable bonds is 18. The number of hydrogen-bond donors (Lipinski definition) is 1. The van der Waals surface area contributed by atoms with Gasteiger partial charge in [0.2, 0.25) is 0 Å². The van der Waals surface area contributed by atoms with Crippen LogP contribution in [0.1, 0.15) is 58.4 Å². The molecule has 0 aliphatic carbocycles. The lowest BCUT2D eigenvalue weighted by atomic mass is 10.00. The molecule has 222 valence electrons. The first kappa shape index (κ1) is 36.3. The topological polar surface area (TPSA) is 108 Å². The summed E-state index contributed by atoms with van der Waals surface area (Å²) in [5, 5.41) is 18.5. The van der Waals surface area contributed by atoms with Crippen LogP contribution in [-0.2, 0) is 20.5 Å². The van der Waals surface area contributed by atoms with Crippen LogP contribution in [0.25, 0.3) is 0 Å². The lowest BCUT2D eigenvalue weighted by Gasteiger charge is -2.13. The fourth-order valence-corrected chi connectivity index (χ4v) is 3.60. The highest BCUT2D eigenvalue weighted by Crippen LogP contribution is 2.31. The van der Waals surface area contributed by atoms with Gasteiger partial charge in [0.25, 0.3) is 5.09 Å². The fourth-order valence-electron chi connectivity index (χ4n) is 3.01. The van der Waals surface area contributed by atoms with Crippen molar-refractivity contribution in [2.24, 2.45) is 5.92 Å². The molecule has 0 fully saturated rings. The number of aliphatic hydroxyl groups is 1. The first-order valence-electron chi connectivity index (χ1n) is 12.8. The SMILES string of the molecule is C/C=C\CCCC(=O)OCCSCCO[N+](=O)[O-].CCC(/C=C/CCOc1cccc(C(F)(F)F)c1)[C@@H](C)O. The Kier molecular flexibility index (Phi) is 20.6. The molecule has 1 unspecified atom stereocenters. The number of carbonyl (C=O) groups is 1. The van der Waals surface area contributed by atoms with Crippen molar-refractivity contribution < 1.29 is 42.5 Å². The summed E-state index contributed by atoms with van der Waals surface area (Å²) in [4.78, 5) is 25.2. The first-order valence-corrected chi connectivity index (χ1v) is 13.9. The van der Waals surface area contributed by atoms with Crippen LogP contribution in [0.3, 0.4) is 0 Å². The quantitative estimate of drug-likeness (QED) is 0.0677. The van der Waals surface area contributed by atoms with Crippen LogP contribution in [0.15, 0.2) is 48.6 Å². The number of nitrogens with zero attached hydrogens (tertiary/aromatic N) is 1. The minimum atomic E-state index is -4.36. The van der Waals surface area contributed by atoms with Gasteiger partial charge in [0.1, 0.15) is 19.0 Å². The van der Waals surface area contributed by atoms with E-state index >= 15 is 0 Å². The molecule has 39 heavy (non-hydrogen) atoms. The molecule has 1 N–H and O–H groups in total. The zero-order valence-corrected chi connectivity index (χ0v) is 23.5. The number of alkyl halides is 3. The van der Waals surface area contributed by atoms with Gasteiger partial charge in [-0.25, -0.2) is 0 Å². The Balaban J connectivity index is 0.000000751. The van der Waals surface area contributed by atoms with E-state index in [0.717, 1.165) is 31.4 Å². The summed E-state index contributed by atoms with van der Waals surface area (Å²) in [5.41, 5.74) is -0.712. The fraction of sp³-hybridized carbons (Fsp3) is 0.593. The molecule has 0 spiro atoms. The van der Waals surface area contributed by atoms with Gasteiger partial charge in [-0.3, -0.25) is 4.79 Å². The monoisotopic (exact) mass is 579 g/mol. The van der Waals surface area contributed by atoms with E-state index in [1.807, 2.05) is 38.2 Å². The van der Waals surface area contributed by atoms with Crippen molar-refractivity contribution >= 4 is 17.7 Å². The predicted molar refractivity (Wildman–Crippen MR) is 146 cm³/mol. The first-order chi connectivity index (χ1) is 18.5. The lowest BCUT2D eigenvalue weighted by Crippen LogP contribution is -2.13. The van der Waals surface area contributed by atoms with Gasteiger partial charge >= 0.3 is 12.1 Å². The second kappa shape index (κ2) is 22.1. The van der Waals surface area contributed by atoms with E-state index in [0.29, 0.717) is 37.6 Å². The Bertz CT molecular complexity index is 864. The van der Waals surface area contributed by atoms with E-state index in [1.54, 1.807) is 6.92 Å². The molecule has 8 nitrogen and oxygen atoms in total. The van der Waals surface area contributed by atoms with Crippen molar-refractivity contribution in [3.63, 3.8) is 0 Å². The number of benzene rings is 1. The minimum Gasteiger partial charge on any atom is -0.493 e. The molecule has 12 heteroatoms. The van der Waals surface area contributed by atoms with Gasteiger partial charge in [0, 0.05) is 23.8 Å². The van der Waals surface area contributed by atoms with Gasteiger partial charge in [-0.05, 0) is 57.7 Å². The van der Waals surface area contributed by atoms with Crippen LogP contribution >= 0.6 is 11.8 Å². The number of ether oxygens (including phenoxy) is 2. The zero-order valence-electron chi connectivity index (χ0n) is 22.7. The number of esters is 1. The summed E-state index contributed by atoms with van der Waals surface area (Å²) >= 11 is 1.45. The Morgan fingerprint density at radius 1 is 1.18 bits per heavy atom. The number of hydrogen-bond acceptors (Lipinski definition) is 8. The summed E-state index contributed by atoms with van der Waals surface area (Å²) in [7, 11) is 0. The normalized spacial score (nSPS) is 13.0. The number of thioether (sulfide) groups is 1. The largest absolute Gasteiger partial charge is 0.493 e. The molecule has 0 saturated carbocycles. The third kappa shape index (κ3) is 20.9. The van der Waals surface area contributed by atoms with Crippen LogP contribution in [-0.4, -0.2) is 53.6 Å². The molecule has 1 rings (SSSR count). The number of aliphatic hydroxyl groups excluding tert-OH is 1. The van der Waals surface area contributed by atoms with Crippen molar-refractivity contribution in [2.45, 2.75) is 65.2 Å². The summed E-state index contributed by atoms with van der Waals surface area (Å²) in [6, 6.07) is 4.84. The summed E-state index contributed by atoms with van der Waals surface area (Å²) < 4.78 is 47.9. The number of allylic oxidation sites excluding steroid dienone is 2. The molecule has 0 saturated heterocycles. The van der Waals surface area contributed by atoms with E-state index in [9.17, 15) is 33.2 Å². The van der Waals surface area contributed by atoms with Crippen molar-refractivity contribution in [2.75, 3.05) is 31.3 Å². The van der Waals surface area contributed by atoms with Gasteiger partial charge < -0.3 is 19.4 Å². The van der Waals surface area contributed by atoms with Crippen LogP contribution in [0, 0.1) is 16.0 Å². The average Bonchev–Trinajstić information content (AvgIpc) is 2.88. The van der Waals surface area contributed by atoms with Crippen LogP contribution in [0.4, 0.5) is 13.2 Å². The lowest BCUT2D eigenvalue weighted by molar-refractivity contribution is -0.756. The highest BCUT2D eigenvalue weighted by molar-refractivity contribution is 7.99. The average molecular weight is 580 g/mol. The number of unbranched alkanes of at least 4 members (excludes halogenated alkanes) is 1. The highest BCUT2D eigenvalue weighted by atomic mass is 32.2. The Morgan fingerprint density at radius 2 is 1.90 bits per heavy atom. The van der Waals surface area contributed by atoms with Crippen molar-refractivity contribution in [1.82, 2.24) is 0 Å². The molecular weight excluding hydrogens is 539 g/mol. The molecular formula is C27H40F3NO7S. The van der Waals surface area contributed by atoms with Crippen molar-refractivity contribution in [3.8, 4) is 5.75 Å². The summed E-state index contributed by atoms with van der Waals surface area (Å²) in [6.45, 7) is 6.37.